The number of aromatic nitrogens is 4. The predicted molar refractivity (Wildman–Crippen MR) is 101 cm³/mol. The molecule has 1 aromatic carbocycles. The van der Waals surface area contributed by atoms with E-state index in [4.69, 9.17) is 8.47 Å². The normalized spacial score (nSPS) is 10.8. The molecule has 0 unspecified atom stereocenters. The number of fused-ring (bicyclic) bond motifs is 1. The van der Waals surface area contributed by atoms with Crippen LogP contribution in [-0.2, 0) is 11.3 Å². The van der Waals surface area contributed by atoms with E-state index >= 15 is 0 Å². The number of para-hydroxylation sites is 1. The molecule has 0 radical (unpaired) electrons. The molecule has 0 saturated heterocycles. The first-order valence-electron chi connectivity index (χ1n) is 7.84. The number of pyridine rings is 2. The summed E-state index contributed by atoms with van der Waals surface area (Å²) < 4.78 is 12.6. The maximum atomic E-state index is 5.47. The van der Waals surface area contributed by atoms with Gasteiger partial charge in [-0.05, 0) is 30.3 Å². The molecule has 0 aliphatic rings. The summed E-state index contributed by atoms with van der Waals surface area (Å²) in [5, 5.41) is 5.27. The summed E-state index contributed by atoms with van der Waals surface area (Å²) in [6, 6.07) is 13.4. The average Bonchev–Trinajstić information content (AvgIpc) is 3.08. The van der Waals surface area contributed by atoms with Crippen molar-refractivity contribution in [1.29, 1.82) is 0 Å². The van der Waals surface area contributed by atoms with Crippen molar-refractivity contribution in [2.45, 2.75) is 0 Å². The molecular formula is C18H15N5O2S. The van der Waals surface area contributed by atoms with Gasteiger partial charge in [0, 0.05) is 30.4 Å². The van der Waals surface area contributed by atoms with Gasteiger partial charge in [0.25, 0.3) is 0 Å². The van der Waals surface area contributed by atoms with Gasteiger partial charge in [0.2, 0.25) is 12.3 Å². The van der Waals surface area contributed by atoms with E-state index in [1.165, 1.54) is 0 Å². The molecule has 0 atom stereocenters. The van der Waals surface area contributed by atoms with E-state index in [9.17, 15) is 0 Å². The van der Waals surface area contributed by atoms with Gasteiger partial charge in [-0.3, -0.25) is 14.6 Å². The maximum Gasteiger partial charge on any atom is 0.250 e. The van der Waals surface area contributed by atoms with E-state index in [0.717, 1.165) is 40.2 Å². The Balaban J connectivity index is 1.34. The number of nitrogens with one attached hydrogen (secondary N) is 1. The Morgan fingerprint density at radius 3 is 2.81 bits per heavy atom. The molecule has 0 aliphatic heterocycles. The fraction of sp³-hybridized carbons (Fsp3) is 0.0556. The van der Waals surface area contributed by atoms with Gasteiger partial charge in [-0.1, -0.05) is 12.1 Å². The minimum Gasteiger partial charge on any atom is -0.397 e. The third kappa shape index (κ3) is 3.46. The van der Waals surface area contributed by atoms with Crippen LogP contribution in [0.3, 0.4) is 0 Å². The summed E-state index contributed by atoms with van der Waals surface area (Å²) in [4.78, 5) is 8.45. The van der Waals surface area contributed by atoms with Gasteiger partial charge in [0.05, 0.1) is 29.3 Å². The number of rotatable bonds is 6. The molecule has 0 saturated carbocycles. The molecule has 0 amide bonds. The average molecular weight is 365 g/mol. The standard InChI is InChI=1S/C18H15N5O2S/c1-23-18-14(11-21-23)4-2-6-17(18)22-25-26-24-15-7-8-16(20-12-15)13-5-3-9-19-10-13/h2-12,22H,1H3. The van der Waals surface area contributed by atoms with Gasteiger partial charge in [-0.15, -0.1) is 0 Å². The summed E-state index contributed by atoms with van der Waals surface area (Å²) in [5.41, 5.74) is 6.42. The number of benzene rings is 1. The van der Waals surface area contributed by atoms with Crippen molar-refractivity contribution in [3.8, 4) is 17.0 Å². The molecule has 4 aromatic rings. The maximum absolute atomic E-state index is 5.47. The second-order valence-corrected chi connectivity index (χ2v) is 5.94. The smallest absolute Gasteiger partial charge is 0.250 e. The van der Waals surface area contributed by atoms with Gasteiger partial charge in [-0.25, -0.2) is 5.48 Å². The monoisotopic (exact) mass is 365 g/mol. The zero-order valence-electron chi connectivity index (χ0n) is 13.9. The van der Waals surface area contributed by atoms with Crippen molar-refractivity contribution in [2.75, 3.05) is 5.48 Å². The van der Waals surface area contributed by atoms with Crippen LogP contribution in [0, 0.1) is 0 Å². The molecule has 3 aromatic heterocycles. The molecule has 8 heteroatoms. The summed E-state index contributed by atoms with van der Waals surface area (Å²) in [5.74, 6) is 0.586. The molecule has 0 bridgehead atoms. The molecule has 3 heterocycles. The number of anilines is 1. The van der Waals surface area contributed by atoms with Crippen LogP contribution in [0.1, 0.15) is 0 Å². The Labute approximate surface area is 154 Å². The van der Waals surface area contributed by atoms with Crippen molar-refractivity contribution < 1.29 is 8.47 Å². The molecule has 0 fully saturated rings. The zero-order valence-corrected chi connectivity index (χ0v) is 14.7. The van der Waals surface area contributed by atoms with Crippen LogP contribution in [0.4, 0.5) is 5.69 Å². The fourth-order valence-electron chi connectivity index (χ4n) is 2.55. The topological polar surface area (TPSA) is 74.1 Å². The first kappa shape index (κ1) is 16.4. The molecule has 0 aliphatic carbocycles. The third-order valence-corrected chi connectivity index (χ3v) is 4.18. The molecule has 4 rings (SSSR count). The van der Waals surface area contributed by atoms with Crippen molar-refractivity contribution in [2.24, 2.45) is 7.05 Å². The number of hydrogen-bond acceptors (Lipinski definition) is 7. The first-order valence-corrected chi connectivity index (χ1v) is 8.51. The summed E-state index contributed by atoms with van der Waals surface area (Å²) in [7, 11) is 1.88. The van der Waals surface area contributed by atoms with Crippen LogP contribution < -0.4 is 9.66 Å². The van der Waals surface area contributed by atoms with Gasteiger partial charge in [-0.2, -0.15) is 9.38 Å². The molecule has 7 nitrogen and oxygen atoms in total. The zero-order chi connectivity index (χ0) is 17.8. The first-order chi connectivity index (χ1) is 12.8. The van der Waals surface area contributed by atoms with Gasteiger partial charge in [0.15, 0.2) is 5.75 Å². The molecule has 1 N–H and O–H groups in total. The lowest BCUT2D eigenvalue weighted by Crippen LogP contribution is -2.00. The minimum atomic E-state index is 0.586. The lowest BCUT2D eigenvalue weighted by molar-refractivity contribution is 0.430. The SMILES string of the molecule is Cn1ncc2cccc(NOSOc3ccc(-c4cccnc4)nc3)c21. The Morgan fingerprint density at radius 2 is 2.00 bits per heavy atom. The summed E-state index contributed by atoms with van der Waals surface area (Å²) >= 11 is 0.827. The second-order valence-electron chi connectivity index (χ2n) is 5.47. The summed E-state index contributed by atoms with van der Waals surface area (Å²) in [6.45, 7) is 0. The Bertz CT molecular complexity index is 1010. The van der Waals surface area contributed by atoms with Crippen molar-refractivity contribution in [1.82, 2.24) is 19.7 Å². The van der Waals surface area contributed by atoms with Crippen LogP contribution in [0.25, 0.3) is 22.2 Å². The van der Waals surface area contributed by atoms with Crippen molar-refractivity contribution in [3.63, 3.8) is 0 Å². The van der Waals surface area contributed by atoms with Gasteiger partial charge in [0.1, 0.15) is 0 Å². The van der Waals surface area contributed by atoms with Crippen LogP contribution in [0.5, 0.6) is 5.75 Å². The van der Waals surface area contributed by atoms with Crippen LogP contribution in [-0.4, -0.2) is 19.7 Å². The van der Waals surface area contributed by atoms with Crippen LogP contribution in [0.2, 0.25) is 0 Å². The minimum absolute atomic E-state index is 0.586. The molecule has 26 heavy (non-hydrogen) atoms. The van der Waals surface area contributed by atoms with Crippen molar-refractivity contribution >= 4 is 28.9 Å². The van der Waals surface area contributed by atoms with Gasteiger partial charge < -0.3 is 4.18 Å². The highest BCUT2D eigenvalue weighted by Gasteiger charge is 2.06. The van der Waals surface area contributed by atoms with E-state index in [-0.39, 0.29) is 0 Å². The van der Waals surface area contributed by atoms with Gasteiger partial charge >= 0.3 is 0 Å². The van der Waals surface area contributed by atoms with Crippen LogP contribution in [0.15, 0.2) is 67.3 Å². The Hall–Kier alpha value is -3.10. The summed E-state index contributed by atoms with van der Waals surface area (Å²) in [6.07, 6.45) is 6.94. The third-order valence-electron chi connectivity index (χ3n) is 3.77. The highest BCUT2D eigenvalue weighted by Crippen LogP contribution is 2.25. The highest BCUT2D eigenvalue weighted by molar-refractivity contribution is 7.90. The largest absolute Gasteiger partial charge is 0.397 e. The molecular weight excluding hydrogens is 350 g/mol. The van der Waals surface area contributed by atoms with E-state index < -0.39 is 0 Å². The highest BCUT2D eigenvalue weighted by atomic mass is 32.2. The molecule has 130 valence electrons. The Morgan fingerprint density at radius 1 is 1.04 bits per heavy atom. The second kappa shape index (κ2) is 7.42. The van der Waals surface area contributed by atoms with Crippen molar-refractivity contribution in [3.05, 3.63) is 67.3 Å². The quantitative estimate of drug-likeness (QED) is 0.314. The van der Waals surface area contributed by atoms with E-state index in [0.29, 0.717) is 5.75 Å². The lowest BCUT2D eigenvalue weighted by atomic mass is 10.2. The fourth-order valence-corrected chi connectivity index (χ4v) is 2.88. The number of nitrogens with zero attached hydrogens (tertiary/aromatic N) is 4. The number of aryl methyl sites for hydroxylation is 1. The molecule has 0 spiro atoms. The van der Waals surface area contributed by atoms with E-state index in [1.807, 2.05) is 49.5 Å². The van der Waals surface area contributed by atoms with Crippen LogP contribution >= 0.6 is 12.3 Å². The van der Waals surface area contributed by atoms with E-state index in [2.05, 4.69) is 20.5 Å². The van der Waals surface area contributed by atoms with E-state index in [1.54, 1.807) is 29.5 Å². The lowest BCUT2D eigenvalue weighted by Gasteiger charge is -2.08. The number of hydrogen-bond donors (Lipinski definition) is 1. The Kier molecular flexibility index (Phi) is 4.67. The predicted octanol–water partition coefficient (Wildman–Crippen LogP) is 4.02.